The zero-order chi connectivity index (χ0) is 24.2. The lowest BCUT2D eigenvalue weighted by molar-refractivity contribution is -0.138. The number of hydrogen-bond acceptors (Lipinski definition) is 10. The molecule has 0 saturated carbocycles. The average Bonchev–Trinajstić information content (AvgIpc) is 3.39. The fourth-order valence-electron chi connectivity index (χ4n) is 3.52. The minimum Gasteiger partial charge on any atom is -0.385 e. The molecule has 1 aromatic carbocycles. The van der Waals surface area contributed by atoms with Crippen molar-refractivity contribution in [2.24, 2.45) is 0 Å². The van der Waals surface area contributed by atoms with Gasteiger partial charge in [-0.05, 0) is 23.6 Å². The highest BCUT2D eigenvalue weighted by atomic mass is 16.6. The molecule has 34 heavy (non-hydrogen) atoms. The summed E-state index contributed by atoms with van der Waals surface area (Å²) in [7, 11) is 2.85. The number of imidazole rings is 1. The van der Waals surface area contributed by atoms with E-state index in [1.807, 2.05) is 12.1 Å². The summed E-state index contributed by atoms with van der Waals surface area (Å²) >= 11 is 0. The Hall–Kier alpha value is -4.07. The Morgan fingerprint density at radius 3 is 2.71 bits per heavy atom. The van der Waals surface area contributed by atoms with Gasteiger partial charge < -0.3 is 19.8 Å². The van der Waals surface area contributed by atoms with E-state index in [0.29, 0.717) is 23.9 Å². The van der Waals surface area contributed by atoms with Gasteiger partial charge in [0.05, 0.1) is 25.9 Å². The lowest BCUT2D eigenvalue weighted by Gasteiger charge is -2.22. The quantitative estimate of drug-likeness (QED) is 0.257. The molecule has 12 heteroatoms. The molecule has 1 aliphatic heterocycles. The van der Waals surface area contributed by atoms with Crippen molar-refractivity contribution >= 4 is 23.4 Å². The van der Waals surface area contributed by atoms with Gasteiger partial charge in [0.15, 0.2) is 29.4 Å². The maximum atomic E-state index is 11.1. The van der Waals surface area contributed by atoms with Gasteiger partial charge in [0.25, 0.3) is 0 Å². The fourth-order valence-corrected chi connectivity index (χ4v) is 3.52. The summed E-state index contributed by atoms with van der Waals surface area (Å²) in [5.41, 5.74) is 4.83. The van der Waals surface area contributed by atoms with Gasteiger partial charge in [0.1, 0.15) is 12.2 Å². The van der Waals surface area contributed by atoms with Gasteiger partial charge in [-0.1, -0.05) is 18.1 Å². The number of hydrogen-bond donors (Lipinski definition) is 3. The van der Waals surface area contributed by atoms with E-state index < -0.39 is 24.7 Å². The number of carbonyl (C=O) groups excluding carboxylic acids is 1. The van der Waals surface area contributed by atoms with Crippen LogP contribution in [0.3, 0.4) is 0 Å². The van der Waals surface area contributed by atoms with Crippen molar-refractivity contribution in [3.8, 4) is 17.9 Å². The van der Waals surface area contributed by atoms with Gasteiger partial charge in [-0.15, -0.1) is 0 Å². The van der Waals surface area contributed by atoms with Crippen LogP contribution in [0.1, 0.15) is 23.2 Å². The molecule has 1 saturated heterocycles. The van der Waals surface area contributed by atoms with Gasteiger partial charge in [0, 0.05) is 12.6 Å². The Labute approximate surface area is 194 Å². The second-order valence-corrected chi connectivity index (χ2v) is 7.48. The highest BCUT2D eigenvalue weighted by Gasteiger charge is 2.46. The van der Waals surface area contributed by atoms with Crippen LogP contribution in [0.5, 0.6) is 0 Å². The molecule has 1 amide bonds. The van der Waals surface area contributed by atoms with Gasteiger partial charge in [-0.3, -0.25) is 14.2 Å². The van der Waals surface area contributed by atoms with Crippen molar-refractivity contribution in [2.45, 2.75) is 31.1 Å². The molecule has 3 aromatic rings. The van der Waals surface area contributed by atoms with E-state index in [1.54, 1.807) is 12.1 Å². The second kappa shape index (κ2) is 9.82. The van der Waals surface area contributed by atoms with E-state index in [-0.39, 0.29) is 17.3 Å². The van der Waals surface area contributed by atoms with Crippen LogP contribution in [0.15, 0.2) is 30.6 Å². The molecule has 12 nitrogen and oxygen atoms in total. The number of benzene rings is 1. The van der Waals surface area contributed by atoms with Crippen molar-refractivity contribution < 1.29 is 24.6 Å². The van der Waals surface area contributed by atoms with Crippen LogP contribution < -0.4 is 5.48 Å². The normalized spacial score (nSPS) is 21.5. The lowest BCUT2D eigenvalue weighted by Crippen LogP contribution is -2.41. The Balaban J connectivity index is 1.72. The monoisotopic (exact) mass is 463 g/mol. The van der Waals surface area contributed by atoms with E-state index in [2.05, 4.69) is 38.3 Å². The number of fused-ring (bicyclic) bond motifs is 1. The van der Waals surface area contributed by atoms with Gasteiger partial charge >= 0.3 is 0 Å². The Morgan fingerprint density at radius 2 is 2.03 bits per heavy atom. The van der Waals surface area contributed by atoms with E-state index in [1.165, 1.54) is 25.1 Å². The first-order valence-electron chi connectivity index (χ1n) is 10.2. The molecule has 1 fully saturated rings. The van der Waals surface area contributed by atoms with Crippen molar-refractivity contribution in [3.63, 3.8) is 0 Å². The number of likely N-dealkylation sites (N-methyl/N-ethyl adjacent to an activating group) is 1. The van der Waals surface area contributed by atoms with Crippen LogP contribution in [0.2, 0.25) is 0 Å². The van der Waals surface area contributed by atoms with Crippen LogP contribution in [-0.2, 0) is 20.8 Å². The summed E-state index contributed by atoms with van der Waals surface area (Å²) < 4.78 is 7.17. The molecule has 2 aromatic heterocycles. The van der Waals surface area contributed by atoms with Crippen molar-refractivity contribution in [2.75, 3.05) is 19.6 Å². The van der Waals surface area contributed by atoms with Crippen molar-refractivity contribution in [1.82, 2.24) is 24.4 Å². The number of anilines is 1. The number of nitriles is 1. The molecule has 4 atom stereocenters. The molecule has 0 unspecified atom stereocenters. The van der Waals surface area contributed by atoms with Crippen LogP contribution in [0, 0.1) is 23.2 Å². The van der Waals surface area contributed by atoms with Crippen LogP contribution in [0.4, 0.5) is 5.82 Å². The average molecular weight is 463 g/mol. The van der Waals surface area contributed by atoms with Crippen LogP contribution >= 0.6 is 0 Å². The molecule has 0 aliphatic carbocycles. The SMILES string of the molecule is CONc1nc(C#Cc2ccc(CC#N)cc2)nc2c1ncn2[C@@H]1O[C@H](N(C)C=O)[C@@H](O)[C@H]1O. The summed E-state index contributed by atoms with van der Waals surface area (Å²) in [4.78, 5) is 30.3. The topological polar surface area (TPSA) is 159 Å². The third-order valence-electron chi connectivity index (χ3n) is 5.23. The third kappa shape index (κ3) is 4.39. The Kier molecular flexibility index (Phi) is 6.67. The van der Waals surface area contributed by atoms with E-state index in [0.717, 1.165) is 10.5 Å². The van der Waals surface area contributed by atoms with E-state index in [9.17, 15) is 15.0 Å². The number of aliphatic hydroxyl groups excluding tert-OH is 2. The number of ether oxygens (including phenoxy) is 1. The van der Waals surface area contributed by atoms with Gasteiger partial charge in [-0.25, -0.2) is 15.4 Å². The summed E-state index contributed by atoms with van der Waals surface area (Å²) in [6, 6.07) is 9.33. The molecule has 1 aliphatic rings. The van der Waals surface area contributed by atoms with Crippen LogP contribution in [-0.4, -0.2) is 73.6 Å². The highest BCUT2D eigenvalue weighted by molar-refractivity contribution is 5.83. The maximum Gasteiger partial charge on any atom is 0.211 e. The number of aliphatic hydroxyl groups is 2. The maximum absolute atomic E-state index is 11.1. The highest BCUT2D eigenvalue weighted by Crippen LogP contribution is 2.33. The zero-order valence-electron chi connectivity index (χ0n) is 18.3. The Bertz CT molecular complexity index is 1290. The molecule has 174 valence electrons. The summed E-state index contributed by atoms with van der Waals surface area (Å²) in [5.74, 6) is 6.24. The fraction of sp³-hybridized carbons (Fsp3) is 0.318. The van der Waals surface area contributed by atoms with Crippen molar-refractivity contribution in [3.05, 3.63) is 47.5 Å². The van der Waals surface area contributed by atoms with Crippen molar-refractivity contribution in [1.29, 1.82) is 5.26 Å². The second-order valence-electron chi connectivity index (χ2n) is 7.48. The predicted molar refractivity (Wildman–Crippen MR) is 117 cm³/mol. The molecule has 3 heterocycles. The molecule has 4 rings (SSSR count). The minimum atomic E-state index is -1.35. The molecular formula is C22H21N7O5. The van der Waals surface area contributed by atoms with Crippen LogP contribution in [0.25, 0.3) is 11.2 Å². The molecule has 3 N–H and O–H groups in total. The molecule has 0 radical (unpaired) electrons. The summed E-state index contributed by atoms with van der Waals surface area (Å²) in [5, 5.41) is 29.7. The number of carbonyl (C=O) groups is 1. The minimum absolute atomic E-state index is 0.143. The molecule has 0 bridgehead atoms. The number of nitrogens with one attached hydrogen (secondary N) is 1. The third-order valence-corrected chi connectivity index (χ3v) is 5.23. The number of aromatic nitrogens is 4. The smallest absolute Gasteiger partial charge is 0.211 e. The Morgan fingerprint density at radius 1 is 1.26 bits per heavy atom. The van der Waals surface area contributed by atoms with E-state index in [4.69, 9.17) is 14.8 Å². The summed E-state index contributed by atoms with van der Waals surface area (Å²) in [6.45, 7) is 0. The molecular weight excluding hydrogens is 442 g/mol. The van der Waals surface area contributed by atoms with Gasteiger partial charge in [-0.2, -0.15) is 10.2 Å². The first-order chi connectivity index (χ1) is 16.5. The number of amides is 1. The molecule has 0 spiro atoms. The summed E-state index contributed by atoms with van der Waals surface area (Å²) in [6.07, 6.45) is -2.59. The first-order valence-corrected chi connectivity index (χ1v) is 10.2. The van der Waals surface area contributed by atoms with Gasteiger partial charge in [0.2, 0.25) is 12.2 Å². The standard InChI is InChI=1S/C22H21N7O5/c1-28(12-30)21-17(31)18(32)22(34-21)29-11-24-16-19(27-33-2)25-15(26-20(16)29)8-7-13-3-5-14(6-4-13)9-10-23/h3-6,11-12,17-18,21-22,31-32H,9H2,1-2H3,(H,25,26,27)/t17-,18+,21-,22+/m0/s1. The number of rotatable bonds is 6. The first kappa shape index (κ1) is 23.1. The van der Waals surface area contributed by atoms with E-state index >= 15 is 0 Å². The lowest BCUT2D eigenvalue weighted by atomic mass is 10.1. The largest absolute Gasteiger partial charge is 0.385 e. The predicted octanol–water partition coefficient (Wildman–Crippen LogP) is -0.0696. The number of nitrogens with zero attached hydrogens (tertiary/aromatic N) is 6. The zero-order valence-corrected chi connectivity index (χ0v) is 18.3.